The standard InChI is InChI=1S/C31H37BrO5Si/c1-7-18-30-27(33)26(32)25(31(28(30)37-30)35-21(2)19-22(3)36-31)20-34-38(29(4,5)6,23-14-10-8-11-15-23)24-16-12-9-13-17-24/h7-17,21-22,28H,1,18-20H2,2-6H3/t21-,22-,28+,30?/m1/s1. The Kier molecular flexibility index (Phi) is 7.25. The maximum absolute atomic E-state index is 13.7. The summed E-state index contributed by atoms with van der Waals surface area (Å²) in [6.45, 7) is 14.8. The van der Waals surface area contributed by atoms with E-state index < -0.39 is 25.8 Å². The molecule has 2 heterocycles. The van der Waals surface area contributed by atoms with E-state index in [2.05, 4.69) is 91.8 Å². The number of Topliss-reactive ketones (excluding diaryl/α,β-unsaturated/α-hetero) is 1. The average Bonchev–Trinajstić information content (AvgIpc) is 3.62. The molecule has 0 bridgehead atoms. The van der Waals surface area contributed by atoms with Crippen molar-refractivity contribution in [3.05, 3.63) is 83.4 Å². The molecular formula is C31H37BrO5Si. The van der Waals surface area contributed by atoms with Gasteiger partial charge >= 0.3 is 0 Å². The molecule has 202 valence electrons. The van der Waals surface area contributed by atoms with Crippen molar-refractivity contribution in [2.24, 2.45) is 0 Å². The SMILES string of the molecule is C=CCC12O[C@@H]1C1(O[C@H](C)C[C@@H](C)O1)C(CO[Si](c1ccccc1)(c1ccccc1)C(C)(C)C)=C(Br)C2=O. The first-order valence-corrected chi connectivity index (χ1v) is 16.1. The number of carbonyl (C=O) groups excluding carboxylic acids is 1. The van der Waals surface area contributed by atoms with Crippen LogP contribution in [0.5, 0.6) is 0 Å². The maximum atomic E-state index is 13.7. The first-order valence-electron chi connectivity index (χ1n) is 13.3. The van der Waals surface area contributed by atoms with Crippen LogP contribution in [0.1, 0.15) is 47.5 Å². The van der Waals surface area contributed by atoms with Gasteiger partial charge in [-0.25, -0.2) is 0 Å². The van der Waals surface area contributed by atoms with Crippen LogP contribution in [0, 0.1) is 0 Å². The van der Waals surface area contributed by atoms with Gasteiger partial charge in [-0.3, -0.25) is 4.79 Å². The number of benzene rings is 2. The molecule has 5 nitrogen and oxygen atoms in total. The Bertz CT molecular complexity index is 1190. The highest BCUT2D eigenvalue weighted by molar-refractivity contribution is 9.12. The largest absolute Gasteiger partial charge is 0.403 e. The molecule has 0 saturated carbocycles. The molecule has 2 aromatic rings. The molecule has 1 spiro atoms. The Morgan fingerprint density at radius 1 is 1.00 bits per heavy atom. The fraction of sp³-hybridized carbons (Fsp3) is 0.452. The number of epoxide rings is 1. The number of fused-ring (bicyclic) bond motifs is 2. The van der Waals surface area contributed by atoms with Crippen LogP contribution in [0.15, 0.2) is 83.4 Å². The van der Waals surface area contributed by atoms with Crippen molar-refractivity contribution in [2.75, 3.05) is 6.61 Å². The Hall–Kier alpha value is -1.87. The van der Waals surface area contributed by atoms with Crippen LogP contribution in [0.25, 0.3) is 0 Å². The van der Waals surface area contributed by atoms with Gasteiger partial charge in [0.1, 0.15) is 0 Å². The normalized spacial score (nSPS) is 31.3. The van der Waals surface area contributed by atoms with E-state index in [4.69, 9.17) is 18.6 Å². The Morgan fingerprint density at radius 2 is 1.53 bits per heavy atom. The summed E-state index contributed by atoms with van der Waals surface area (Å²) in [5.41, 5.74) is -0.353. The van der Waals surface area contributed by atoms with Gasteiger partial charge in [-0.05, 0) is 51.6 Å². The topological polar surface area (TPSA) is 57.3 Å². The molecule has 2 saturated heterocycles. The molecule has 38 heavy (non-hydrogen) atoms. The summed E-state index contributed by atoms with van der Waals surface area (Å²) >= 11 is 3.66. The molecule has 2 fully saturated rings. The zero-order chi connectivity index (χ0) is 27.3. The summed E-state index contributed by atoms with van der Waals surface area (Å²) in [7, 11) is -2.88. The Labute approximate surface area is 235 Å². The van der Waals surface area contributed by atoms with Crippen molar-refractivity contribution in [1.82, 2.24) is 0 Å². The van der Waals surface area contributed by atoms with Gasteiger partial charge < -0.3 is 18.6 Å². The molecular weight excluding hydrogens is 560 g/mol. The summed E-state index contributed by atoms with van der Waals surface area (Å²) < 4.78 is 27.1. The van der Waals surface area contributed by atoms with Crippen molar-refractivity contribution in [1.29, 1.82) is 0 Å². The highest BCUT2D eigenvalue weighted by Gasteiger charge is 2.76. The third-order valence-electron chi connectivity index (χ3n) is 8.02. The molecule has 4 atom stereocenters. The molecule has 1 unspecified atom stereocenters. The minimum Gasteiger partial charge on any atom is -0.403 e. The van der Waals surface area contributed by atoms with Crippen LogP contribution in [-0.2, 0) is 23.4 Å². The van der Waals surface area contributed by atoms with Crippen LogP contribution in [0.3, 0.4) is 0 Å². The zero-order valence-corrected chi connectivity index (χ0v) is 25.4. The van der Waals surface area contributed by atoms with Gasteiger partial charge in [0.2, 0.25) is 11.6 Å². The van der Waals surface area contributed by atoms with Gasteiger partial charge in [0.15, 0.2) is 11.7 Å². The van der Waals surface area contributed by atoms with Crippen LogP contribution in [0.4, 0.5) is 0 Å². The number of rotatable bonds is 7. The quantitative estimate of drug-likeness (QED) is 0.243. The molecule has 2 aliphatic heterocycles. The predicted molar refractivity (Wildman–Crippen MR) is 155 cm³/mol. The molecule has 7 heteroatoms. The highest BCUT2D eigenvalue weighted by Crippen LogP contribution is 2.59. The molecule has 0 aromatic heterocycles. The number of halogens is 1. The first-order chi connectivity index (χ1) is 18.0. The molecule has 1 aliphatic carbocycles. The molecule has 0 radical (unpaired) electrons. The lowest BCUT2D eigenvalue weighted by atomic mass is 9.81. The van der Waals surface area contributed by atoms with Gasteiger partial charge in [-0.1, -0.05) is 87.5 Å². The minimum atomic E-state index is -2.88. The number of hydrogen-bond acceptors (Lipinski definition) is 5. The summed E-state index contributed by atoms with van der Waals surface area (Å²) in [5, 5.41) is 2.12. The van der Waals surface area contributed by atoms with Gasteiger partial charge in [0.25, 0.3) is 8.32 Å². The van der Waals surface area contributed by atoms with Crippen molar-refractivity contribution in [3.8, 4) is 0 Å². The van der Waals surface area contributed by atoms with Crippen LogP contribution in [0.2, 0.25) is 5.04 Å². The molecule has 5 rings (SSSR count). The van der Waals surface area contributed by atoms with Crippen molar-refractivity contribution in [2.45, 2.75) is 82.2 Å². The van der Waals surface area contributed by atoms with Gasteiger partial charge in [0, 0.05) is 12.0 Å². The van der Waals surface area contributed by atoms with Crippen molar-refractivity contribution >= 4 is 40.4 Å². The minimum absolute atomic E-state index is 0.0688. The second kappa shape index (κ2) is 9.95. The van der Waals surface area contributed by atoms with Gasteiger partial charge in [-0.15, -0.1) is 6.58 Å². The van der Waals surface area contributed by atoms with Gasteiger partial charge in [-0.2, -0.15) is 0 Å². The number of carbonyl (C=O) groups is 1. The molecule has 0 amide bonds. The maximum Gasteiger partial charge on any atom is 0.261 e. The smallest absolute Gasteiger partial charge is 0.261 e. The Morgan fingerprint density at radius 3 is 2.00 bits per heavy atom. The summed E-state index contributed by atoms with van der Waals surface area (Å²) in [5.74, 6) is -1.31. The number of ether oxygens (including phenoxy) is 3. The van der Waals surface area contributed by atoms with E-state index in [1.165, 1.54) is 10.4 Å². The fourth-order valence-corrected chi connectivity index (χ4v) is 11.6. The summed E-state index contributed by atoms with van der Waals surface area (Å²) in [6.07, 6.45) is 2.19. The van der Waals surface area contributed by atoms with Crippen LogP contribution in [-0.4, -0.2) is 50.4 Å². The van der Waals surface area contributed by atoms with E-state index >= 15 is 0 Å². The molecule has 0 N–H and O–H groups in total. The second-order valence-corrected chi connectivity index (χ2v) is 16.8. The highest BCUT2D eigenvalue weighted by atomic mass is 79.9. The van der Waals surface area contributed by atoms with Crippen LogP contribution >= 0.6 is 15.9 Å². The van der Waals surface area contributed by atoms with Crippen molar-refractivity contribution < 1.29 is 23.4 Å². The third-order valence-corrected chi connectivity index (χ3v) is 13.8. The predicted octanol–water partition coefficient (Wildman–Crippen LogP) is 5.42. The average molecular weight is 598 g/mol. The fourth-order valence-electron chi connectivity index (χ4n) is 6.39. The van der Waals surface area contributed by atoms with Gasteiger partial charge in [0.05, 0.1) is 23.3 Å². The molecule has 3 aliphatic rings. The monoisotopic (exact) mass is 596 g/mol. The van der Waals surface area contributed by atoms with E-state index in [-0.39, 0.29) is 29.6 Å². The van der Waals surface area contributed by atoms with Crippen LogP contribution < -0.4 is 10.4 Å². The van der Waals surface area contributed by atoms with E-state index in [1.54, 1.807) is 6.08 Å². The van der Waals surface area contributed by atoms with E-state index in [0.29, 0.717) is 16.5 Å². The lowest BCUT2D eigenvalue weighted by molar-refractivity contribution is -0.301. The third kappa shape index (κ3) is 4.23. The van der Waals surface area contributed by atoms with E-state index in [1.807, 2.05) is 26.0 Å². The first kappa shape index (κ1) is 27.7. The van der Waals surface area contributed by atoms with E-state index in [0.717, 1.165) is 6.42 Å². The summed E-state index contributed by atoms with van der Waals surface area (Å²) in [4.78, 5) is 13.7. The second-order valence-electron chi connectivity index (χ2n) is 11.7. The number of ketones is 1. The lowest BCUT2D eigenvalue weighted by Crippen LogP contribution is -2.67. The zero-order valence-electron chi connectivity index (χ0n) is 22.8. The van der Waals surface area contributed by atoms with Crippen molar-refractivity contribution in [3.63, 3.8) is 0 Å². The molecule has 2 aromatic carbocycles. The number of hydrogen-bond donors (Lipinski definition) is 0. The lowest BCUT2D eigenvalue weighted by Gasteiger charge is -2.48. The summed E-state index contributed by atoms with van der Waals surface area (Å²) in [6, 6.07) is 20.9. The Balaban J connectivity index is 1.64. The van der Waals surface area contributed by atoms with E-state index in [9.17, 15) is 4.79 Å².